The maximum atomic E-state index is 13.1. The molecule has 0 aliphatic carbocycles. The minimum Gasteiger partial charge on any atom is -0.496 e. The zero-order valence-electron chi connectivity index (χ0n) is 17.3. The van der Waals surface area contributed by atoms with Crippen LogP contribution in [0.15, 0.2) is 48.5 Å². The van der Waals surface area contributed by atoms with E-state index in [1.54, 1.807) is 53.4 Å². The zero-order valence-corrected chi connectivity index (χ0v) is 17.3. The van der Waals surface area contributed by atoms with Crippen molar-refractivity contribution in [3.05, 3.63) is 59.7 Å². The number of hydrogen-bond acceptors (Lipinski definition) is 4. The normalized spacial score (nSPS) is 15.5. The lowest BCUT2D eigenvalue weighted by Gasteiger charge is -2.24. The topological polar surface area (TPSA) is 87.7 Å². The molecule has 2 aromatic rings. The van der Waals surface area contributed by atoms with Crippen LogP contribution in [-0.4, -0.2) is 48.9 Å². The van der Waals surface area contributed by atoms with Crippen LogP contribution in [-0.2, 0) is 4.79 Å². The van der Waals surface area contributed by atoms with Gasteiger partial charge in [0.15, 0.2) is 0 Å². The Bertz CT molecular complexity index is 928. The zero-order chi connectivity index (χ0) is 21.5. The van der Waals surface area contributed by atoms with E-state index in [2.05, 4.69) is 10.6 Å². The van der Waals surface area contributed by atoms with E-state index in [1.165, 1.54) is 7.11 Å². The minimum atomic E-state index is -0.448. The molecule has 2 aromatic carbocycles. The second-order valence-electron chi connectivity index (χ2n) is 7.18. The lowest BCUT2D eigenvalue weighted by Crippen LogP contribution is -2.46. The predicted octanol–water partition coefficient (Wildman–Crippen LogP) is 3.08. The highest BCUT2D eigenvalue weighted by Crippen LogP contribution is 2.23. The van der Waals surface area contributed by atoms with Crippen molar-refractivity contribution in [1.29, 1.82) is 0 Å². The van der Waals surface area contributed by atoms with Crippen molar-refractivity contribution in [2.24, 2.45) is 0 Å². The number of rotatable bonds is 7. The van der Waals surface area contributed by atoms with E-state index in [0.717, 1.165) is 12.8 Å². The number of ether oxygens (including phenoxy) is 1. The average molecular weight is 409 g/mol. The molecule has 1 aliphatic heterocycles. The number of benzene rings is 2. The summed E-state index contributed by atoms with van der Waals surface area (Å²) in [6.07, 6.45) is 2.30. The van der Waals surface area contributed by atoms with E-state index in [-0.39, 0.29) is 17.7 Å². The molecular formula is C23H27N3O4. The van der Waals surface area contributed by atoms with Crippen LogP contribution in [0.25, 0.3) is 0 Å². The fourth-order valence-corrected chi connectivity index (χ4v) is 3.57. The molecule has 3 amide bonds. The molecule has 1 heterocycles. The van der Waals surface area contributed by atoms with E-state index < -0.39 is 6.04 Å². The number of anilines is 1. The Morgan fingerprint density at radius 3 is 2.70 bits per heavy atom. The molecule has 2 N–H and O–H groups in total. The standard InChI is InChI=1S/C23H27N3O4/c1-3-13-24-22(28)19-11-7-14-26(19)23(29)16-8-6-9-17(15-16)25-21(27)18-10-4-5-12-20(18)30-2/h4-6,8-10,12,15,19H,3,7,11,13-14H2,1-2H3,(H,24,28)(H,25,27). The number of para-hydroxylation sites is 1. The van der Waals surface area contributed by atoms with Crippen molar-refractivity contribution in [3.63, 3.8) is 0 Å². The van der Waals surface area contributed by atoms with Crippen LogP contribution in [0.2, 0.25) is 0 Å². The molecular weight excluding hydrogens is 382 g/mol. The fraction of sp³-hybridized carbons (Fsp3) is 0.348. The molecule has 1 aliphatic rings. The van der Waals surface area contributed by atoms with E-state index in [9.17, 15) is 14.4 Å². The van der Waals surface area contributed by atoms with Gasteiger partial charge in [-0.25, -0.2) is 0 Å². The molecule has 1 unspecified atom stereocenters. The van der Waals surface area contributed by atoms with Gasteiger partial charge in [-0.1, -0.05) is 25.1 Å². The van der Waals surface area contributed by atoms with Gasteiger partial charge in [-0.2, -0.15) is 0 Å². The SMILES string of the molecule is CCCNC(=O)C1CCCN1C(=O)c1cccc(NC(=O)c2ccccc2OC)c1. The first-order valence-corrected chi connectivity index (χ1v) is 10.2. The lowest BCUT2D eigenvalue weighted by molar-refractivity contribution is -0.124. The maximum absolute atomic E-state index is 13.1. The molecule has 30 heavy (non-hydrogen) atoms. The summed E-state index contributed by atoms with van der Waals surface area (Å²) in [5.41, 5.74) is 1.34. The van der Waals surface area contributed by atoms with Crippen molar-refractivity contribution in [3.8, 4) is 5.75 Å². The predicted molar refractivity (Wildman–Crippen MR) is 115 cm³/mol. The maximum Gasteiger partial charge on any atom is 0.259 e. The summed E-state index contributed by atoms with van der Waals surface area (Å²) in [5, 5.41) is 5.69. The van der Waals surface area contributed by atoms with Crippen LogP contribution in [0.5, 0.6) is 5.75 Å². The first-order chi connectivity index (χ1) is 14.5. The van der Waals surface area contributed by atoms with Gasteiger partial charge in [0.25, 0.3) is 11.8 Å². The van der Waals surface area contributed by atoms with Gasteiger partial charge in [0.1, 0.15) is 11.8 Å². The van der Waals surface area contributed by atoms with Gasteiger partial charge in [0, 0.05) is 24.3 Å². The summed E-state index contributed by atoms with van der Waals surface area (Å²) in [6, 6.07) is 13.3. The molecule has 7 heteroatoms. The van der Waals surface area contributed by atoms with Crippen molar-refractivity contribution in [2.75, 3.05) is 25.5 Å². The van der Waals surface area contributed by atoms with Crippen molar-refractivity contribution in [2.45, 2.75) is 32.2 Å². The van der Waals surface area contributed by atoms with Gasteiger partial charge < -0.3 is 20.3 Å². The second-order valence-corrected chi connectivity index (χ2v) is 7.18. The molecule has 0 radical (unpaired) electrons. The Morgan fingerprint density at radius 2 is 1.93 bits per heavy atom. The number of nitrogens with zero attached hydrogens (tertiary/aromatic N) is 1. The molecule has 0 saturated carbocycles. The van der Waals surface area contributed by atoms with Crippen molar-refractivity contribution < 1.29 is 19.1 Å². The largest absolute Gasteiger partial charge is 0.496 e. The summed E-state index contributed by atoms with van der Waals surface area (Å²) >= 11 is 0. The second kappa shape index (κ2) is 9.91. The number of carbonyl (C=O) groups excluding carboxylic acids is 3. The summed E-state index contributed by atoms with van der Waals surface area (Å²) in [7, 11) is 1.51. The summed E-state index contributed by atoms with van der Waals surface area (Å²) in [4.78, 5) is 39.7. The van der Waals surface area contributed by atoms with Crippen LogP contribution in [0, 0.1) is 0 Å². The van der Waals surface area contributed by atoms with Gasteiger partial charge in [0.05, 0.1) is 12.7 Å². The van der Waals surface area contributed by atoms with E-state index >= 15 is 0 Å². The highest BCUT2D eigenvalue weighted by atomic mass is 16.5. The Morgan fingerprint density at radius 1 is 1.13 bits per heavy atom. The van der Waals surface area contributed by atoms with E-state index in [1.807, 2.05) is 6.92 Å². The molecule has 1 saturated heterocycles. The van der Waals surface area contributed by atoms with Gasteiger partial charge in [-0.15, -0.1) is 0 Å². The van der Waals surface area contributed by atoms with Crippen LogP contribution in [0.1, 0.15) is 46.9 Å². The molecule has 1 atom stereocenters. The summed E-state index contributed by atoms with van der Waals surface area (Å²) < 4.78 is 5.24. The lowest BCUT2D eigenvalue weighted by atomic mass is 10.1. The third kappa shape index (κ3) is 4.79. The summed E-state index contributed by atoms with van der Waals surface area (Å²) in [6.45, 7) is 3.13. The molecule has 3 rings (SSSR count). The summed E-state index contributed by atoms with van der Waals surface area (Å²) in [5.74, 6) is -0.170. The number of likely N-dealkylation sites (tertiary alicyclic amines) is 1. The number of carbonyl (C=O) groups is 3. The van der Waals surface area contributed by atoms with Gasteiger partial charge >= 0.3 is 0 Å². The van der Waals surface area contributed by atoms with E-state index in [0.29, 0.717) is 42.1 Å². The molecule has 0 aromatic heterocycles. The first-order valence-electron chi connectivity index (χ1n) is 10.2. The molecule has 0 bridgehead atoms. The Kier molecular flexibility index (Phi) is 7.06. The Labute approximate surface area is 176 Å². The average Bonchev–Trinajstić information content (AvgIpc) is 3.27. The first kappa shape index (κ1) is 21.4. The number of hydrogen-bond donors (Lipinski definition) is 2. The van der Waals surface area contributed by atoms with Gasteiger partial charge in [-0.05, 0) is 49.6 Å². The Balaban J connectivity index is 1.74. The van der Waals surface area contributed by atoms with Gasteiger partial charge in [0.2, 0.25) is 5.91 Å². The van der Waals surface area contributed by atoms with Crippen molar-refractivity contribution in [1.82, 2.24) is 10.2 Å². The molecule has 7 nitrogen and oxygen atoms in total. The third-order valence-corrected chi connectivity index (χ3v) is 5.08. The van der Waals surface area contributed by atoms with Crippen LogP contribution >= 0.6 is 0 Å². The molecule has 0 spiro atoms. The van der Waals surface area contributed by atoms with Gasteiger partial charge in [-0.3, -0.25) is 14.4 Å². The quantitative estimate of drug-likeness (QED) is 0.736. The molecule has 158 valence electrons. The third-order valence-electron chi connectivity index (χ3n) is 5.08. The Hall–Kier alpha value is -3.35. The smallest absolute Gasteiger partial charge is 0.259 e. The minimum absolute atomic E-state index is 0.108. The monoisotopic (exact) mass is 409 g/mol. The number of nitrogens with one attached hydrogen (secondary N) is 2. The molecule has 1 fully saturated rings. The number of methoxy groups -OCH3 is 1. The number of amides is 3. The van der Waals surface area contributed by atoms with Crippen LogP contribution < -0.4 is 15.4 Å². The van der Waals surface area contributed by atoms with Crippen molar-refractivity contribution >= 4 is 23.4 Å². The highest BCUT2D eigenvalue weighted by molar-refractivity contribution is 6.07. The van der Waals surface area contributed by atoms with Crippen LogP contribution in [0.4, 0.5) is 5.69 Å². The van der Waals surface area contributed by atoms with Crippen LogP contribution in [0.3, 0.4) is 0 Å². The fourth-order valence-electron chi connectivity index (χ4n) is 3.57. The van der Waals surface area contributed by atoms with E-state index in [4.69, 9.17) is 4.74 Å². The highest BCUT2D eigenvalue weighted by Gasteiger charge is 2.34.